The van der Waals surface area contributed by atoms with E-state index in [9.17, 15) is 8.42 Å². The van der Waals surface area contributed by atoms with Crippen molar-refractivity contribution in [1.29, 1.82) is 0 Å². The van der Waals surface area contributed by atoms with Gasteiger partial charge in [0.15, 0.2) is 0 Å². The maximum Gasteiger partial charge on any atom is 0.241 e. The zero-order valence-corrected chi connectivity index (χ0v) is 12.3. The first-order valence-electron chi connectivity index (χ1n) is 6.76. The van der Waals surface area contributed by atoms with E-state index in [4.69, 9.17) is 5.73 Å². The minimum atomic E-state index is -3.45. The van der Waals surface area contributed by atoms with Gasteiger partial charge in [-0.2, -0.15) is 0 Å². The Morgan fingerprint density at radius 2 is 2.11 bits per heavy atom. The summed E-state index contributed by atoms with van der Waals surface area (Å²) in [7, 11) is -3.45. The Hall–Kier alpha value is -0.910. The SMILES string of the molecule is Cc1c(CN)cccc1S(=O)(=O)NC1CCCC1C. The molecule has 2 rings (SSSR count). The molecule has 4 nitrogen and oxygen atoms in total. The van der Waals surface area contributed by atoms with Gasteiger partial charge in [-0.3, -0.25) is 0 Å². The van der Waals surface area contributed by atoms with Crippen LogP contribution in [0.4, 0.5) is 0 Å². The van der Waals surface area contributed by atoms with Crippen LogP contribution in [0, 0.1) is 12.8 Å². The van der Waals surface area contributed by atoms with E-state index in [1.807, 2.05) is 13.0 Å². The predicted molar refractivity (Wildman–Crippen MR) is 76.2 cm³/mol. The molecule has 0 amide bonds. The summed E-state index contributed by atoms with van der Waals surface area (Å²) in [5.74, 6) is 0.410. The Labute approximate surface area is 115 Å². The second kappa shape index (κ2) is 5.61. The largest absolute Gasteiger partial charge is 0.326 e. The van der Waals surface area contributed by atoms with E-state index < -0.39 is 10.0 Å². The van der Waals surface area contributed by atoms with Crippen LogP contribution in [-0.4, -0.2) is 14.5 Å². The number of rotatable bonds is 4. The van der Waals surface area contributed by atoms with Crippen LogP contribution in [0.15, 0.2) is 23.1 Å². The van der Waals surface area contributed by atoms with E-state index in [2.05, 4.69) is 11.6 Å². The second-order valence-electron chi connectivity index (χ2n) is 5.38. The summed E-state index contributed by atoms with van der Waals surface area (Å²) < 4.78 is 27.8. The molecule has 0 radical (unpaired) electrons. The minimum absolute atomic E-state index is 0.0610. The van der Waals surface area contributed by atoms with Crippen LogP contribution in [0.3, 0.4) is 0 Å². The van der Waals surface area contributed by atoms with E-state index in [0.29, 0.717) is 17.4 Å². The molecule has 5 heteroatoms. The summed E-state index contributed by atoms with van der Waals surface area (Å²) in [4.78, 5) is 0.356. The molecule has 2 unspecified atom stereocenters. The Morgan fingerprint density at radius 1 is 1.37 bits per heavy atom. The molecule has 0 bridgehead atoms. The van der Waals surface area contributed by atoms with Crippen molar-refractivity contribution in [3.8, 4) is 0 Å². The van der Waals surface area contributed by atoms with E-state index in [0.717, 1.165) is 30.4 Å². The fourth-order valence-electron chi connectivity index (χ4n) is 2.76. The molecule has 1 aliphatic rings. The van der Waals surface area contributed by atoms with E-state index in [-0.39, 0.29) is 6.04 Å². The zero-order chi connectivity index (χ0) is 14.0. The third-order valence-electron chi connectivity index (χ3n) is 4.07. The second-order valence-corrected chi connectivity index (χ2v) is 7.06. The molecule has 0 saturated heterocycles. The van der Waals surface area contributed by atoms with Gasteiger partial charge in [0.05, 0.1) is 4.90 Å². The lowest BCUT2D eigenvalue weighted by Crippen LogP contribution is -2.36. The number of nitrogens with one attached hydrogen (secondary N) is 1. The standard InChI is InChI=1S/C14H22N2O2S/c1-10-5-3-7-13(10)16-19(17,18)14-8-4-6-12(9-15)11(14)2/h4,6,8,10,13,16H,3,5,7,9,15H2,1-2H3. The van der Waals surface area contributed by atoms with Crippen LogP contribution in [0.2, 0.25) is 0 Å². The normalized spacial score (nSPS) is 23.7. The highest BCUT2D eigenvalue weighted by Gasteiger charge is 2.29. The average molecular weight is 282 g/mol. The van der Waals surface area contributed by atoms with Gasteiger partial charge >= 0.3 is 0 Å². The van der Waals surface area contributed by atoms with Crippen molar-refractivity contribution >= 4 is 10.0 Å². The molecule has 19 heavy (non-hydrogen) atoms. The fraction of sp³-hybridized carbons (Fsp3) is 0.571. The topological polar surface area (TPSA) is 72.2 Å². The lowest BCUT2D eigenvalue weighted by atomic mass is 10.1. The average Bonchev–Trinajstić information content (AvgIpc) is 2.74. The van der Waals surface area contributed by atoms with Crippen LogP contribution in [0.25, 0.3) is 0 Å². The molecule has 2 atom stereocenters. The van der Waals surface area contributed by atoms with Gasteiger partial charge < -0.3 is 5.73 Å². The third kappa shape index (κ3) is 2.99. The highest BCUT2D eigenvalue weighted by Crippen LogP contribution is 2.27. The number of hydrogen-bond donors (Lipinski definition) is 2. The molecule has 1 aromatic carbocycles. The maximum atomic E-state index is 12.5. The van der Waals surface area contributed by atoms with Crippen molar-refractivity contribution in [2.75, 3.05) is 0 Å². The lowest BCUT2D eigenvalue weighted by molar-refractivity contribution is 0.476. The highest BCUT2D eigenvalue weighted by atomic mass is 32.2. The van der Waals surface area contributed by atoms with Gasteiger partial charge in [0, 0.05) is 12.6 Å². The van der Waals surface area contributed by atoms with Crippen LogP contribution < -0.4 is 10.5 Å². The maximum absolute atomic E-state index is 12.5. The van der Waals surface area contributed by atoms with Gasteiger partial charge in [-0.05, 0) is 42.9 Å². The van der Waals surface area contributed by atoms with Crippen LogP contribution in [0.5, 0.6) is 0 Å². The lowest BCUT2D eigenvalue weighted by Gasteiger charge is -2.19. The molecule has 1 fully saturated rings. The fourth-order valence-corrected chi connectivity index (χ4v) is 4.42. The van der Waals surface area contributed by atoms with Gasteiger partial charge in [0.2, 0.25) is 10.0 Å². The van der Waals surface area contributed by atoms with Crippen LogP contribution >= 0.6 is 0 Å². The van der Waals surface area contributed by atoms with Crippen molar-refractivity contribution in [3.63, 3.8) is 0 Å². The van der Waals surface area contributed by atoms with Crippen molar-refractivity contribution in [3.05, 3.63) is 29.3 Å². The van der Waals surface area contributed by atoms with Crippen molar-refractivity contribution in [1.82, 2.24) is 4.72 Å². The molecule has 106 valence electrons. The van der Waals surface area contributed by atoms with Crippen molar-refractivity contribution in [2.24, 2.45) is 11.7 Å². The quantitative estimate of drug-likeness (QED) is 0.886. The van der Waals surface area contributed by atoms with Crippen molar-refractivity contribution in [2.45, 2.75) is 50.6 Å². The summed E-state index contributed by atoms with van der Waals surface area (Å²) >= 11 is 0. The number of hydrogen-bond acceptors (Lipinski definition) is 3. The summed E-state index contributed by atoms with van der Waals surface area (Å²) in [5, 5.41) is 0. The monoisotopic (exact) mass is 282 g/mol. The van der Waals surface area contributed by atoms with E-state index >= 15 is 0 Å². The molecular formula is C14H22N2O2S. The van der Waals surface area contributed by atoms with E-state index in [1.54, 1.807) is 12.1 Å². The van der Waals surface area contributed by atoms with Gasteiger partial charge in [0.1, 0.15) is 0 Å². The smallest absolute Gasteiger partial charge is 0.241 e. The van der Waals surface area contributed by atoms with Gasteiger partial charge in [0.25, 0.3) is 0 Å². The Balaban J connectivity index is 2.29. The summed E-state index contributed by atoms with van der Waals surface area (Å²) in [6, 6.07) is 5.33. The molecule has 0 aromatic heterocycles. The predicted octanol–water partition coefficient (Wildman–Crippen LogP) is 1.92. The molecule has 1 saturated carbocycles. The molecule has 1 aromatic rings. The summed E-state index contributed by atoms with van der Waals surface area (Å²) in [6.07, 6.45) is 3.11. The first-order valence-corrected chi connectivity index (χ1v) is 8.25. The molecule has 3 N–H and O–H groups in total. The third-order valence-corrected chi connectivity index (χ3v) is 5.71. The summed E-state index contributed by atoms with van der Waals surface area (Å²) in [5.41, 5.74) is 7.26. The van der Waals surface area contributed by atoms with Gasteiger partial charge in [-0.1, -0.05) is 25.5 Å². The Kier molecular flexibility index (Phi) is 4.28. The minimum Gasteiger partial charge on any atom is -0.326 e. The van der Waals surface area contributed by atoms with Crippen LogP contribution in [-0.2, 0) is 16.6 Å². The summed E-state index contributed by atoms with van der Waals surface area (Å²) in [6.45, 7) is 4.27. The molecular weight excluding hydrogens is 260 g/mol. The van der Waals surface area contributed by atoms with Crippen molar-refractivity contribution < 1.29 is 8.42 Å². The Bertz CT molecular complexity index is 555. The van der Waals surface area contributed by atoms with E-state index in [1.165, 1.54) is 0 Å². The zero-order valence-electron chi connectivity index (χ0n) is 11.5. The number of benzene rings is 1. The molecule has 0 spiro atoms. The number of nitrogens with two attached hydrogens (primary N) is 1. The van der Waals surface area contributed by atoms with Gasteiger partial charge in [-0.15, -0.1) is 0 Å². The number of sulfonamides is 1. The molecule has 1 aliphatic carbocycles. The molecule has 0 aliphatic heterocycles. The van der Waals surface area contributed by atoms with Gasteiger partial charge in [-0.25, -0.2) is 13.1 Å². The van der Waals surface area contributed by atoms with Crippen LogP contribution in [0.1, 0.15) is 37.3 Å². The first kappa shape index (κ1) is 14.5. The first-order chi connectivity index (χ1) is 8.95. The molecule has 0 heterocycles. The Morgan fingerprint density at radius 3 is 2.68 bits per heavy atom. The highest BCUT2D eigenvalue weighted by molar-refractivity contribution is 7.89.